The Labute approximate surface area is 220 Å². The van der Waals surface area contributed by atoms with Crippen LogP contribution >= 0.6 is 0 Å². The van der Waals surface area contributed by atoms with Crippen molar-refractivity contribution in [1.29, 1.82) is 0 Å². The number of ether oxygens (including phenoxy) is 5. The van der Waals surface area contributed by atoms with Crippen molar-refractivity contribution in [3.63, 3.8) is 0 Å². The van der Waals surface area contributed by atoms with E-state index in [9.17, 15) is 45.4 Å². The highest BCUT2D eigenvalue weighted by molar-refractivity contribution is 7.81. The molecule has 0 bridgehead atoms. The summed E-state index contributed by atoms with van der Waals surface area (Å²) < 4.78 is 132. The normalized spacial score (nSPS) is 36.5. The molecule has 7 N–H and O–H groups in total. The van der Waals surface area contributed by atoms with Gasteiger partial charge in [0.1, 0.15) is 36.6 Å². The minimum atomic E-state index is -5.41. The molecule has 39 heavy (non-hydrogen) atoms. The Morgan fingerprint density at radius 1 is 0.821 bits per heavy atom. The largest absolute Gasteiger partial charge is 0.479 e. The molecule has 0 aromatic heterocycles. The van der Waals surface area contributed by atoms with Gasteiger partial charge in [-0.3, -0.25) is 13.7 Å². The molecule has 2 rings (SSSR count). The van der Waals surface area contributed by atoms with Crippen LogP contribution in [0.1, 0.15) is 0 Å². The lowest BCUT2D eigenvalue weighted by atomic mass is 9.96. The molecular weight excluding hydrogens is 614 g/mol. The molecular formula is C14H25NO21S3. The number of carbonyl (C=O) groups is 1. The maximum Gasteiger partial charge on any atom is 0.413 e. The molecule has 0 amide bonds. The Hall–Kier alpha value is -1.24. The zero-order chi connectivity index (χ0) is 29.9. The van der Waals surface area contributed by atoms with E-state index in [2.05, 4.69) is 12.6 Å². The Morgan fingerprint density at radius 2 is 1.44 bits per heavy atom. The SMILES string of the molecule is COC1OC(COS(=O)(=O)O)C(OC2OC(C(=O)O)C(OC)C(O)C2OS(=O)(=O)O)C(O)C1NOS(=O)(=O)O. The third-order valence-electron chi connectivity index (χ3n) is 5.14. The van der Waals surface area contributed by atoms with Gasteiger partial charge in [-0.2, -0.15) is 35.0 Å². The van der Waals surface area contributed by atoms with E-state index >= 15 is 0 Å². The van der Waals surface area contributed by atoms with Gasteiger partial charge in [-0.15, -0.1) is 0 Å². The molecule has 0 aliphatic carbocycles. The number of aliphatic hydroxyl groups is 2. The molecule has 2 fully saturated rings. The first kappa shape index (κ1) is 34.0. The van der Waals surface area contributed by atoms with Gasteiger partial charge in [0.2, 0.25) is 0 Å². The lowest BCUT2D eigenvalue weighted by Crippen LogP contribution is -2.68. The Balaban J connectivity index is 2.49. The average Bonchev–Trinajstić information content (AvgIpc) is 2.78. The summed E-state index contributed by atoms with van der Waals surface area (Å²) in [7, 11) is -13.9. The molecule has 2 aliphatic heterocycles. The lowest BCUT2D eigenvalue weighted by Gasteiger charge is -2.47. The van der Waals surface area contributed by atoms with Crippen molar-refractivity contribution in [2.45, 2.75) is 61.3 Å². The van der Waals surface area contributed by atoms with Crippen LogP contribution < -0.4 is 5.48 Å². The number of hydroxylamine groups is 1. The van der Waals surface area contributed by atoms with Crippen LogP contribution in [-0.4, -0.2) is 142 Å². The van der Waals surface area contributed by atoms with Gasteiger partial charge in [0.15, 0.2) is 24.8 Å². The second kappa shape index (κ2) is 13.2. The van der Waals surface area contributed by atoms with E-state index in [1.165, 1.54) is 0 Å². The van der Waals surface area contributed by atoms with E-state index in [0.717, 1.165) is 14.2 Å². The Bertz CT molecular complexity index is 1160. The molecule has 2 heterocycles. The number of nitrogens with one attached hydrogen (secondary N) is 1. The number of aliphatic hydroxyl groups excluding tert-OH is 2. The summed E-state index contributed by atoms with van der Waals surface area (Å²) in [4.78, 5) is 11.7. The van der Waals surface area contributed by atoms with E-state index in [0.29, 0.717) is 0 Å². The molecule has 25 heteroatoms. The monoisotopic (exact) mass is 639 g/mol. The Morgan fingerprint density at radius 3 is 1.90 bits per heavy atom. The van der Waals surface area contributed by atoms with Crippen LogP contribution in [0.4, 0.5) is 0 Å². The first-order chi connectivity index (χ1) is 17.8. The lowest BCUT2D eigenvalue weighted by molar-refractivity contribution is -0.342. The summed E-state index contributed by atoms with van der Waals surface area (Å²) in [5.74, 6) is -1.77. The summed E-state index contributed by atoms with van der Waals surface area (Å²) >= 11 is 0. The number of aliphatic carboxylic acids is 1. The van der Waals surface area contributed by atoms with Crippen molar-refractivity contribution >= 4 is 37.2 Å². The summed E-state index contributed by atoms with van der Waals surface area (Å²) in [6.45, 7) is -1.17. The number of hydrogen-bond donors (Lipinski definition) is 7. The summed E-state index contributed by atoms with van der Waals surface area (Å²) in [6, 6.07) is -1.83. The predicted octanol–water partition coefficient (Wildman–Crippen LogP) is -5.01. The number of carboxylic acid groups (broad SMARTS) is 1. The second-order valence-corrected chi connectivity index (χ2v) is 10.8. The van der Waals surface area contributed by atoms with Crippen molar-refractivity contribution in [2.24, 2.45) is 0 Å². The fourth-order valence-corrected chi connectivity index (χ4v) is 4.64. The van der Waals surface area contributed by atoms with Crippen molar-refractivity contribution in [3.8, 4) is 0 Å². The highest BCUT2D eigenvalue weighted by Gasteiger charge is 2.55. The summed E-state index contributed by atoms with van der Waals surface area (Å²) in [5.41, 5.74) is 1.68. The van der Waals surface area contributed by atoms with Crippen molar-refractivity contribution in [1.82, 2.24) is 5.48 Å². The van der Waals surface area contributed by atoms with Gasteiger partial charge < -0.3 is 39.0 Å². The maximum absolute atomic E-state index is 11.7. The summed E-state index contributed by atoms with van der Waals surface area (Å²) in [5, 5.41) is 30.8. The van der Waals surface area contributed by atoms with Crippen LogP contribution in [0.3, 0.4) is 0 Å². The molecule has 2 saturated heterocycles. The van der Waals surface area contributed by atoms with E-state index in [1.54, 1.807) is 5.48 Å². The molecule has 0 spiro atoms. The zero-order valence-electron chi connectivity index (χ0n) is 19.5. The molecule has 22 nitrogen and oxygen atoms in total. The average molecular weight is 640 g/mol. The van der Waals surface area contributed by atoms with Gasteiger partial charge >= 0.3 is 37.2 Å². The van der Waals surface area contributed by atoms with Gasteiger partial charge in [0, 0.05) is 14.2 Å². The number of carboxylic acids is 1. The first-order valence-corrected chi connectivity index (χ1v) is 14.2. The molecule has 230 valence electrons. The third kappa shape index (κ3) is 9.67. The van der Waals surface area contributed by atoms with E-state index in [1.807, 2.05) is 0 Å². The first-order valence-electron chi connectivity index (χ1n) is 10.1. The van der Waals surface area contributed by atoms with Crippen molar-refractivity contribution in [3.05, 3.63) is 0 Å². The zero-order valence-corrected chi connectivity index (χ0v) is 22.0. The van der Waals surface area contributed by atoms with Crippen LogP contribution in [0.25, 0.3) is 0 Å². The van der Waals surface area contributed by atoms with Gasteiger partial charge in [-0.25, -0.2) is 13.2 Å². The Kier molecular flexibility index (Phi) is 11.5. The van der Waals surface area contributed by atoms with Gasteiger partial charge in [0.25, 0.3) is 0 Å². The smallest absolute Gasteiger partial charge is 0.413 e. The predicted molar refractivity (Wildman–Crippen MR) is 113 cm³/mol. The van der Waals surface area contributed by atoms with E-state index in [-0.39, 0.29) is 0 Å². The van der Waals surface area contributed by atoms with Gasteiger partial charge in [0.05, 0.1) is 6.61 Å². The third-order valence-corrected chi connectivity index (χ3v) is 6.34. The van der Waals surface area contributed by atoms with Gasteiger partial charge in [-0.1, -0.05) is 0 Å². The molecule has 0 aromatic rings. The molecule has 10 atom stereocenters. The van der Waals surface area contributed by atoms with Crippen LogP contribution in [0.15, 0.2) is 0 Å². The topological polar surface area (TPSA) is 327 Å². The highest BCUT2D eigenvalue weighted by Crippen LogP contribution is 2.32. The van der Waals surface area contributed by atoms with E-state index < -0.39 is 105 Å². The number of hydrogen-bond acceptors (Lipinski definition) is 18. The summed E-state index contributed by atoms with van der Waals surface area (Å²) in [6.07, 6.45) is -18.6. The quantitative estimate of drug-likeness (QED) is 0.0732. The fraction of sp³-hybridized carbons (Fsp3) is 0.929. The van der Waals surface area contributed by atoms with Crippen molar-refractivity contribution in [2.75, 3.05) is 20.8 Å². The van der Waals surface area contributed by atoms with Crippen molar-refractivity contribution < 1.29 is 95.4 Å². The molecule has 0 radical (unpaired) electrons. The van der Waals surface area contributed by atoms with Crippen LogP contribution in [0, 0.1) is 0 Å². The van der Waals surface area contributed by atoms with E-state index in [4.69, 9.17) is 37.3 Å². The minimum absolute atomic E-state index is 0.913. The molecule has 0 saturated carbocycles. The maximum atomic E-state index is 11.7. The van der Waals surface area contributed by atoms with Gasteiger partial charge in [-0.05, 0) is 0 Å². The number of rotatable bonds is 13. The molecule has 0 aromatic carbocycles. The molecule has 2 aliphatic rings. The van der Waals surface area contributed by atoms with Crippen LogP contribution in [0.5, 0.6) is 0 Å². The van der Waals surface area contributed by atoms with Crippen LogP contribution in [0.2, 0.25) is 0 Å². The highest BCUT2D eigenvalue weighted by atomic mass is 32.3. The minimum Gasteiger partial charge on any atom is -0.479 e. The second-order valence-electron chi connectivity index (χ2n) is 7.68. The molecule has 10 unspecified atom stereocenters. The van der Waals surface area contributed by atoms with Crippen LogP contribution in [-0.2, 0) is 72.3 Å². The fourth-order valence-electron chi connectivity index (χ4n) is 3.61. The number of methoxy groups -OCH3 is 2. The standard InChI is InChI=1S/C14H25NO21S3/c1-29-9-7(17)10(35-38(23,24)25)14(34-11(9)12(18)19)33-8-4(3-31-37(20,21)22)32-13(30-2)5(6(8)16)15-36-39(26,27)28/h4-11,13-17H,3H2,1-2H3,(H,18,19)(H,20,21,22)(H,23,24,25)(H,26,27,28).